The van der Waals surface area contributed by atoms with Crippen LogP contribution in [0.3, 0.4) is 0 Å². The summed E-state index contributed by atoms with van der Waals surface area (Å²) in [4.78, 5) is 40.0. The summed E-state index contributed by atoms with van der Waals surface area (Å²) in [6, 6.07) is 25.7. The lowest BCUT2D eigenvalue weighted by Gasteiger charge is -2.13. The fourth-order valence-electron chi connectivity index (χ4n) is 4.33. The predicted molar refractivity (Wildman–Crippen MR) is 156 cm³/mol. The maximum atomic E-state index is 13.1. The van der Waals surface area contributed by atoms with Crippen LogP contribution in [-0.4, -0.2) is 41.8 Å². The van der Waals surface area contributed by atoms with Crippen molar-refractivity contribution < 1.29 is 28.6 Å². The van der Waals surface area contributed by atoms with E-state index < -0.39 is 5.97 Å². The standard InChI is InChI=1S/C32H27NO6S/c1-3-37-28-19-22(14-15-27(28)39-31(35)26-13-7-10-23-9-4-5-12-25(23)26)20-29-30(34)33(32(36)40-29)16-17-38-24-11-6-8-21(2)18-24/h4-15,18-20H,3,16-17H2,1-2H3/b29-20-. The fraction of sp³-hybridized carbons (Fsp3) is 0.156. The van der Waals surface area contributed by atoms with Crippen molar-refractivity contribution in [2.24, 2.45) is 0 Å². The Labute approximate surface area is 236 Å². The molecule has 0 unspecified atom stereocenters. The van der Waals surface area contributed by atoms with Crippen molar-refractivity contribution in [2.75, 3.05) is 19.8 Å². The highest BCUT2D eigenvalue weighted by molar-refractivity contribution is 8.18. The van der Waals surface area contributed by atoms with E-state index in [4.69, 9.17) is 14.2 Å². The van der Waals surface area contributed by atoms with Crippen molar-refractivity contribution in [3.63, 3.8) is 0 Å². The first-order valence-corrected chi connectivity index (χ1v) is 13.7. The normalized spacial score (nSPS) is 14.2. The van der Waals surface area contributed by atoms with E-state index in [1.165, 1.54) is 4.90 Å². The molecule has 0 bridgehead atoms. The number of benzene rings is 4. The van der Waals surface area contributed by atoms with Crippen LogP contribution < -0.4 is 14.2 Å². The van der Waals surface area contributed by atoms with Gasteiger partial charge < -0.3 is 14.2 Å². The number of fused-ring (bicyclic) bond motifs is 1. The zero-order valence-electron chi connectivity index (χ0n) is 22.1. The van der Waals surface area contributed by atoms with Gasteiger partial charge in [0, 0.05) is 0 Å². The molecule has 4 aromatic rings. The average molecular weight is 554 g/mol. The molecule has 0 atom stereocenters. The highest BCUT2D eigenvalue weighted by atomic mass is 32.2. The third-order valence-electron chi connectivity index (χ3n) is 6.22. The fourth-order valence-corrected chi connectivity index (χ4v) is 5.19. The van der Waals surface area contributed by atoms with Crippen molar-refractivity contribution >= 4 is 45.7 Å². The summed E-state index contributed by atoms with van der Waals surface area (Å²) in [6.07, 6.45) is 1.63. The van der Waals surface area contributed by atoms with Crippen LogP contribution in [-0.2, 0) is 4.79 Å². The smallest absolute Gasteiger partial charge is 0.344 e. The van der Waals surface area contributed by atoms with E-state index in [9.17, 15) is 14.4 Å². The number of ether oxygens (including phenoxy) is 3. The molecule has 0 spiro atoms. The second kappa shape index (κ2) is 12.1. The Kier molecular flexibility index (Phi) is 8.17. The Morgan fingerprint density at radius 1 is 0.900 bits per heavy atom. The van der Waals surface area contributed by atoms with Gasteiger partial charge in [-0.2, -0.15) is 0 Å². The van der Waals surface area contributed by atoms with E-state index in [0.29, 0.717) is 34.1 Å². The maximum absolute atomic E-state index is 13.1. The number of rotatable bonds is 9. The molecule has 1 aliphatic rings. The molecule has 8 heteroatoms. The van der Waals surface area contributed by atoms with Gasteiger partial charge in [0.15, 0.2) is 11.5 Å². The summed E-state index contributed by atoms with van der Waals surface area (Å²) in [6.45, 7) is 4.47. The van der Waals surface area contributed by atoms with Crippen LogP contribution in [0.4, 0.5) is 4.79 Å². The van der Waals surface area contributed by atoms with Crippen molar-refractivity contribution in [1.82, 2.24) is 4.90 Å². The van der Waals surface area contributed by atoms with Gasteiger partial charge in [0.25, 0.3) is 11.1 Å². The Morgan fingerprint density at radius 3 is 2.52 bits per heavy atom. The molecule has 0 aliphatic carbocycles. The SMILES string of the molecule is CCOc1cc(/C=C2\SC(=O)N(CCOc3cccc(C)c3)C2=O)ccc1OC(=O)c1cccc2ccccc12. The molecule has 0 N–H and O–H groups in total. The Hall–Kier alpha value is -4.56. The molecule has 1 aliphatic heterocycles. The number of thioether (sulfide) groups is 1. The molecular formula is C32H27NO6S. The molecule has 7 nitrogen and oxygen atoms in total. The second-order valence-corrected chi connectivity index (χ2v) is 10.0. The van der Waals surface area contributed by atoms with E-state index in [0.717, 1.165) is 28.1 Å². The van der Waals surface area contributed by atoms with Crippen LogP contribution >= 0.6 is 11.8 Å². The number of hydrogen-bond donors (Lipinski definition) is 0. The lowest BCUT2D eigenvalue weighted by Crippen LogP contribution is -2.32. The molecule has 202 valence electrons. The van der Waals surface area contributed by atoms with Gasteiger partial charge in [-0.3, -0.25) is 14.5 Å². The monoisotopic (exact) mass is 553 g/mol. The molecule has 0 aromatic heterocycles. The van der Waals surface area contributed by atoms with Crippen molar-refractivity contribution in [3.8, 4) is 17.2 Å². The Balaban J connectivity index is 1.30. The summed E-state index contributed by atoms with van der Waals surface area (Å²) < 4.78 is 17.2. The predicted octanol–water partition coefficient (Wildman–Crippen LogP) is 6.88. The number of aryl methyl sites for hydroxylation is 1. The number of carbonyl (C=O) groups excluding carboxylic acids is 3. The summed E-state index contributed by atoms with van der Waals surface area (Å²) in [7, 11) is 0. The van der Waals surface area contributed by atoms with Gasteiger partial charge in [-0.05, 0) is 83.9 Å². The third-order valence-corrected chi connectivity index (χ3v) is 7.13. The van der Waals surface area contributed by atoms with Gasteiger partial charge in [-0.25, -0.2) is 4.79 Å². The van der Waals surface area contributed by atoms with Crippen LogP contribution in [0.1, 0.15) is 28.4 Å². The van der Waals surface area contributed by atoms with Gasteiger partial charge in [0.1, 0.15) is 12.4 Å². The van der Waals surface area contributed by atoms with Crippen LogP contribution in [0.15, 0.2) is 89.8 Å². The number of hydrogen-bond acceptors (Lipinski definition) is 7. The van der Waals surface area contributed by atoms with Crippen molar-refractivity contribution in [2.45, 2.75) is 13.8 Å². The molecule has 1 saturated heterocycles. The zero-order chi connectivity index (χ0) is 28.1. The number of imide groups is 1. The highest BCUT2D eigenvalue weighted by Crippen LogP contribution is 2.35. The van der Waals surface area contributed by atoms with E-state index in [2.05, 4.69) is 0 Å². The minimum Gasteiger partial charge on any atom is -0.492 e. The van der Waals surface area contributed by atoms with Gasteiger partial charge in [-0.1, -0.05) is 54.6 Å². The first kappa shape index (κ1) is 27.0. The Morgan fingerprint density at radius 2 is 1.70 bits per heavy atom. The first-order valence-electron chi connectivity index (χ1n) is 12.8. The summed E-state index contributed by atoms with van der Waals surface area (Å²) >= 11 is 0.875. The zero-order valence-corrected chi connectivity index (χ0v) is 22.9. The number of amides is 2. The molecule has 1 heterocycles. The van der Waals surface area contributed by atoms with E-state index in [1.807, 2.05) is 74.5 Å². The van der Waals surface area contributed by atoms with Crippen molar-refractivity contribution in [3.05, 3.63) is 107 Å². The van der Waals surface area contributed by atoms with Crippen LogP contribution in [0.2, 0.25) is 0 Å². The van der Waals surface area contributed by atoms with E-state index in [1.54, 1.807) is 30.3 Å². The van der Waals surface area contributed by atoms with Crippen LogP contribution in [0, 0.1) is 6.92 Å². The van der Waals surface area contributed by atoms with E-state index in [-0.39, 0.29) is 30.0 Å². The van der Waals surface area contributed by atoms with Gasteiger partial charge in [0.05, 0.1) is 23.6 Å². The highest BCUT2D eigenvalue weighted by Gasteiger charge is 2.34. The lowest BCUT2D eigenvalue weighted by molar-refractivity contribution is -0.123. The van der Waals surface area contributed by atoms with Crippen LogP contribution in [0.5, 0.6) is 17.2 Å². The molecule has 1 fully saturated rings. The molecule has 40 heavy (non-hydrogen) atoms. The minimum absolute atomic E-state index is 0.142. The molecule has 2 amide bonds. The quantitative estimate of drug-likeness (QED) is 0.127. The topological polar surface area (TPSA) is 82.1 Å². The van der Waals surface area contributed by atoms with Gasteiger partial charge in [0.2, 0.25) is 0 Å². The van der Waals surface area contributed by atoms with Crippen LogP contribution in [0.25, 0.3) is 16.8 Å². The molecule has 0 saturated carbocycles. The lowest BCUT2D eigenvalue weighted by atomic mass is 10.0. The van der Waals surface area contributed by atoms with E-state index >= 15 is 0 Å². The van der Waals surface area contributed by atoms with Crippen molar-refractivity contribution in [1.29, 1.82) is 0 Å². The van der Waals surface area contributed by atoms with Gasteiger partial charge in [-0.15, -0.1) is 0 Å². The summed E-state index contributed by atoms with van der Waals surface area (Å²) in [5.41, 5.74) is 2.15. The molecular weight excluding hydrogens is 526 g/mol. The molecule has 0 radical (unpaired) electrons. The number of nitrogens with zero attached hydrogens (tertiary/aromatic N) is 1. The largest absolute Gasteiger partial charge is 0.492 e. The summed E-state index contributed by atoms with van der Waals surface area (Å²) in [5, 5.41) is 1.38. The maximum Gasteiger partial charge on any atom is 0.344 e. The third kappa shape index (κ3) is 6.02. The molecule has 5 rings (SSSR count). The minimum atomic E-state index is -0.500. The molecule has 4 aromatic carbocycles. The number of esters is 1. The number of carbonyl (C=O) groups is 3. The van der Waals surface area contributed by atoms with Gasteiger partial charge >= 0.3 is 5.97 Å². The Bertz CT molecular complexity index is 1620. The average Bonchev–Trinajstić information content (AvgIpc) is 3.21. The second-order valence-electron chi connectivity index (χ2n) is 9.05. The first-order chi connectivity index (χ1) is 19.4. The summed E-state index contributed by atoms with van der Waals surface area (Å²) in [5.74, 6) is 0.424.